The number of nitrogens with one attached hydrogen (secondary N) is 2. The Morgan fingerprint density at radius 2 is 2.22 bits per heavy atom. The quantitative estimate of drug-likeness (QED) is 0.762. The molecule has 0 bridgehead atoms. The monoisotopic (exact) mass is 255 g/mol. The molecule has 4 nitrogen and oxygen atoms in total. The van der Waals surface area contributed by atoms with E-state index in [0.717, 1.165) is 25.1 Å². The molecule has 18 heavy (non-hydrogen) atoms. The van der Waals surface area contributed by atoms with Crippen molar-refractivity contribution in [3.05, 3.63) is 23.9 Å². The molecule has 1 heterocycles. The number of amides is 1. The van der Waals surface area contributed by atoms with Crippen LogP contribution >= 0.6 is 0 Å². The molecule has 2 rings (SSSR count). The molecule has 1 aliphatic carbocycles. The van der Waals surface area contributed by atoms with Crippen molar-refractivity contribution in [3.8, 4) is 0 Å². The van der Waals surface area contributed by atoms with Gasteiger partial charge in [0.2, 0.25) is 5.91 Å². The van der Waals surface area contributed by atoms with Crippen molar-refractivity contribution in [2.45, 2.75) is 31.7 Å². The number of rotatable bonds is 6. The summed E-state index contributed by atoms with van der Waals surface area (Å²) in [6.45, 7) is 0.424. The molecule has 0 spiro atoms. The van der Waals surface area contributed by atoms with Gasteiger partial charge in [-0.1, -0.05) is 0 Å². The van der Waals surface area contributed by atoms with E-state index in [9.17, 15) is 13.6 Å². The summed E-state index contributed by atoms with van der Waals surface area (Å²) in [5.41, 5.74) is 0. The number of hydrogen-bond acceptors (Lipinski definition) is 3. The molecule has 98 valence electrons. The van der Waals surface area contributed by atoms with Gasteiger partial charge in [0.05, 0.1) is 6.20 Å². The number of halogens is 2. The van der Waals surface area contributed by atoms with Gasteiger partial charge in [0.1, 0.15) is 5.82 Å². The molecule has 0 unspecified atom stereocenters. The second-order valence-electron chi connectivity index (χ2n) is 4.36. The standard InChI is InChI=1S/C12H15F2N3O/c13-8-6-10(14)12(16-7-8)15-5-1-2-11(18)17-9-3-4-9/h6-7,9H,1-5H2,(H,15,16)(H,17,18). The molecule has 1 saturated carbocycles. The van der Waals surface area contributed by atoms with Crippen LogP contribution in [0.25, 0.3) is 0 Å². The largest absolute Gasteiger partial charge is 0.368 e. The molecular formula is C12H15F2N3O. The maximum atomic E-state index is 13.2. The number of carbonyl (C=O) groups excluding carboxylic acids is 1. The van der Waals surface area contributed by atoms with Crippen LogP contribution in [0.2, 0.25) is 0 Å². The number of nitrogens with zero attached hydrogens (tertiary/aromatic N) is 1. The summed E-state index contributed by atoms with van der Waals surface area (Å²) in [7, 11) is 0. The molecule has 0 saturated heterocycles. The first-order valence-electron chi connectivity index (χ1n) is 5.99. The fraction of sp³-hybridized carbons (Fsp3) is 0.500. The lowest BCUT2D eigenvalue weighted by atomic mass is 10.3. The maximum Gasteiger partial charge on any atom is 0.220 e. The third-order valence-electron chi connectivity index (χ3n) is 2.62. The molecule has 0 aliphatic heterocycles. The van der Waals surface area contributed by atoms with Crippen LogP contribution in [0, 0.1) is 11.6 Å². The van der Waals surface area contributed by atoms with Gasteiger partial charge in [-0.3, -0.25) is 4.79 Å². The Morgan fingerprint density at radius 3 is 2.89 bits per heavy atom. The van der Waals surface area contributed by atoms with E-state index in [1.165, 1.54) is 0 Å². The zero-order valence-corrected chi connectivity index (χ0v) is 9.88. The molecule has 1 amide bonds. The highest BCUT2D eigenvalue weighted by atomic mass is 19.1. The van der Waals surface area contributed by atoms with Crippen molar-refractivity contribution in [3.63, 3.8) is 0 Å². The van der Waals surface area contributed by atoms with Crippen molar-refractivity contribution in [2.75, 3.05) is 11.9 Å². The minimum atomic E-state index is -0.725. The highest BCUT2D eigenvalue weighted by Crippen LogP contribution is 2.18. The number of anilines is 1. The zero-order valence-electron chi connectivity index (χ0n) is 9.88. The highest BCUT2D eigenvalue weighted by molar-refractivity contribution is 5.76. The molecule has 1 aromatic rings. The van der Waals surface area contributed by atoms with Crippen molar-refractivity contribution >= 4 is 11.7 Å². The summed E-state index contributed by atoms with van der Waals surface area (Å²) < 4.78 is 25.8. The molecule has 1 aromatic heterocycles. The Balaban J connectivity index is 1.66. The van der Waals surface area contributed by atoms with Crippen LogP contribution in [0.3, 0.4) is 0 Å². The van der Waals surface area contributed by atoms with Crippen molar-refractivity contribution in [2.24, 2.45) is 0 Å². The third-order valence-corrected chi connectivity index (χ3v) is 2.62. The summed E-state index contributed by atoms with van der Waals surface area (Å²) in [5, 5.41) is 5.60. The van der Waals surface area contributed by atoms with Gasteiger partial charge in [-0.05, 0) is 19.3 Å². The Hall–Kier alpha value is -1.72. The fourth-order valence-electron chi connectivity index (χ4n) is 1.53. The average molecular weight is 255 g/mol. The Bertz CT molecular complexity index is 435. The molecule has 0 aromatic carbocycles. The van der Waals surface area contributed by atoms with Gasteiger partial charge in [-0.15, -0.1) is 0 Å². The molecule has 2 N–H and O–H groups in total. The fourth-order valence-corrected chi connectivity index (χ4v) is 1.53. The van der Waals surface area contributed by atoms with E-state index in [0.29, 0.717) is 25.4 Å². The number of aromatic nitrogens is 1. The maximum absolute atomic E-state index is 13.2. The average Bonchev–Trinajstić information content (AvgIpc) is 3.10. The summed E-state index contributed by atoms with van der Waals surface area (Å²) >= 11 is 0. The van der Waals surface area contributed by atoms with E-state index in [1.807, 2.05) is 0 Å². The first-order valence-corrected chi connectivity index (χ1v) is 5.99. The summed E-state index contributed by atoms with van der Waals surface area (Å²) in [4.78, 5) is 14.9. The molecule has 1 aliphatic rings. The lowest BCUT2D eigenvalue weighted by molar-refractivity contribution is -0.121. The highest BCUT2D eigenvalue weighted by Gasteiger charge is 2.22. The summed E-state index contributed by atoms with van der Waals surface area (Å²) in [6.07, 6.45) is 4.05. The number of hydrogen-bond donors (Lipinski definition) is 2. The van der Waals surface area contributed by atoms with Crippen molar-refractivity contribution in [1.29, 1.82) is 0 Å². The van der Waals surface area contributed by atoms with Gasteiger partial charge >= 0.3 is 0 Å². The number of carbonyl (C=O) groups is 1. The SMILES string of the molecule is O=C(CCCNc1ncc(F)cc1F)NC1CC1. The van der Waals surface area contributed by atoms with E-state index in [4.69, 9.17) is 0 Å². The molecule has 0 atom stereocenters. The van der Waals surface area contributed by atoms with E-state index in [2.05, 4.69) is 15.6 Å². The van der Waals surface area contributed by atoms with Crippen LogP contribution in [-0.4, -0.2) is 23.5 Å². The Morgan fingerprint density at radius 1 is 1.44 bits per heavy atom. The number of pyridine rings is 1. The van der Waals surface area contributed by atoms with Gasteiger partial charge < -0.3 is 10.6 Å². The Labute approximate surface area is 104 Å². The smallest absolute Gasteiger partial charge is 0.220 e. The minimum Gasteiger partial charge on any atom is -0.368 e. The van der Waals surface area contributed by atoms with Gasteiger partial charge in [0.25, 0.3) is 0 Å². The van der Waals surface area contributed by atoms with Crippen LogP contribution in [0.4, 0.5) is 14.6 Å². The van der Waals surface area contributed by atoms with Gasteiger partial charge in [-0.2, -0.15) is 0 Å². The molecule has 0 radical (unpaired) electrons. The second-order valence-corrected chi connectivity index (χ2v) is 4.36. The van der Waals surface area contributed by atoms with E-state index >= 15 is 0 Å². The Kier molecular flexibility index (Phi) is 4.07. The zero-order chi connectivity index (χ0) is 13.0. The summed E-state index contributed by atoms with van der Waals surface area (Å²) in [6, 6.07) is 1.14. The van der Waals surface area contributed by atoms with Crippen LogP contribution < -0.4 is 10.6 Å². The van der Waals surface area contributed by atoms with Crippen LogP contribution in [0.5, 0.6) is 0 Å². The molecular weight excluding hydrogens is 240 g/mol. The normalized spacial score (nSPS) is 14.3. The van der Waals surface area contributed by atoms with Gasteiger partial charge in [-0.25, -0.2) is 13.8 Å². The third kappa shape index (κ3) is 3.94. The first-order chi connectivity index (χ1) is 8.65. The van der Waals surface area contributed by atoms with Crippen molar-refractivity contribution < 1.29 is 13.6 Å². The summed E-state index contributed by atoms with van der Waals surface area (Å²) in [5.74, 6) is -1.40. The molecule has 6 heteroatoms. The second kappa shape index (κ2) is 5.75. The van der Waals surface area contributed by atoms with Crippen LogP contribution in [0.1, 0.15) is 25.7 Å². The van der Waals surface area contributed by atoms with E-state index in [1.54, 1.807) is 0 Å². The minimum absolute atomic E-state index is 0.0130. The topological polar surface area (TPSA) is 54.0 Å². The van der Waals surface area contributed by atoms with Gasteiger partial charge in [0.15, 0.2) is 11.6 Å². The lowest BCUT2D eigenvalue weighted by Gasteiger charge is -2.06. The van der Waals surface area contributed by atoms with E-state index < -0.39 is 11.6 Å². The predicted octanol–water partition coefficient (Wildman–Crippen LogP) is 1.83. The predicted molar refractivity (Wildman–Crippen MR) is 63.0 cm³/mol. The lowest BCUT2D eigenvalue weighted by Crippen LogP contribution is -2.25. The van der Waals surface area contributed by atoms with E-state index in [-0.39, 0.29) is 11.7 Å². The van der Waals surface area contributed by atoms with Crippen LogP contribution in [-0.2, 0) is 4.79 Å². The molecule has 1 fully saturated rings. The van der Waals surface area contributed by atoms with Gasteiger partial charge in [0, 0.05) is 25.1 Å². The van der Waals surface area contributed by atoms with Crippen molar-refractivity contribution in [1.82, 2.24) is 10.3 Å². The first kappa shape index (κ1) is 12.7. The van der Waals surface area contributed by atoms with Crippen LogP contribution in [0.15, 0.2) is 12.3 Å².